The van der Waals surface area contributed by atoms with E-state index in [1.54, 1.807) is 30.3 Å². The molecular formula is C13H7Cl3INO. The van der Waals surface area contributed by atoms with Crippen LogP contribution >= 0.6 is 57.4 Å². The fourth-order valence-corrected chi connectivity index (χ4v) is 2.44. The van der Waals surface area contributed by atoms with Gasteiger partial charge in [0.25, 0.3) is 5.91 Å². The summed E-state index contributed by atoms with van der Waals surface area (Å²) < 4.78 is 0.932. The number of halogens is 4. The molecule has 0 aliphatic rings. The van der Waals surface area contributed by atoms with Gasteiger partial charge >= 0.3 is 0 Å². The van der Waals surface area contributed by atoms with Crippen molar-refractivity contribution >= 4 is 69.0 Å². The Labute approximate surface area is 139 Å². The van der Waals surface area contributed by atoms with Crippen LogP contribution in [0.2, 0.25) is 15.1 Å². The van der Waals surface area contributed by atoms with E-state index in [1.165, 1.54) is 0 Å². The number of benzene rings is 2. The molecule has 0 fully saturated rings. The van der Waals surface area contributed by atoms with Gasteiger partial charge in [0.2, 0.25) is 0 Å². The number of rotatable bonds is 2. The standard InChI is InChI=1S/C13H7Cl3INO/c14-10-3-1-7(17)5-9(10)13(19)18-8-2-4-11(15)12(16)6-8/h1-6H,(H,18,19). The van der Waals surface area contributed by atoms with Crippen molar-refractivity contribution in [3.05, 3.63) is 60.6 Å². The molecule has 2 nitrogen and oxygen atoms in total. The Hall–Kier alpha value is -0.490. The van der Waals surface area contributed by atoms with Crippen LogP contribution in [0.1, 0.15) is 10.4 Å². The molecular weight excluding hydrogens is 419 g/mol. The van der Waals surface area contributed by atoms with E-state index >= 15 is 0 Å². The molecule has 6 heteroatoms. The second-order valence-electron chi connectivity index (χ2n) is 3.71. The highest BCUT2D eigenvalue weighted by Crippen LogP contribution is 2.26. The van der Waals surface area contributed by atoms with E-state index < -0.39 is 0 Å². The summed E-state index contributed by atoms with van der Waals surface area (Å²) in [4.78, 5) is 12.1. The molecule has 0 bridgehead atoms. The molecule has 2 rings (SSSR count). The van der Waals surface area contributed by atoms with Crippen LogP contribution in [0.25, 0.3) is 0 Å². The quantitative estimate of drug-likeness (QED) is 0.631. The molecule has 0 aliphatic heterocycles. The minimum Gasteiger partial charge on any atom is -0.322 e. The van der Waals surface area contributed by atoms with Gasteiger partial charge in [-0.1, -0.05) is 34.8 Å². The van der Waals surface area contributed by atoms with Crippen molar-refractivity contribution in [2.75, 3.05) is 5.32 Å². The Bertz CT molecular complexity index is 646. The molecule has 0 radical (unpaired) electrons. The van der Waals surface area contributed by atoms with E-state index in [0.717, 1.165) is 3.57 Å². The Kier molecular flexibility index (Phi) is 4.95. The lowest BCUT2D eigenvalue weighted by atomic mass is 10.2. The number of amides is 1. The number of hydrogen-bond acceptors (Lipinski definition) is 1. The summed E-state index contributed by atoms with van der Waals surface area (Å²) in [5, 5.41) is 3.95. The summed E-state index contributed by atoms with van der Waals surface area (Å²) in [6.07, 6.45) is 0. The molecule has 0 unspecified atom stereocenters. The third kappa shape index (κ3) is 3.75. The van der Waals surface area contributed by atoms with Gasteiger partial charge in [-0.2, -0.15) is 0 Å². The van der Waals surface area contributed by atoms with E-state index in [1.807, 2.05) is 6.07 Å². The van der Waals surface area contributed by atoms with Crippen molar-refractivity contribution < 1.29 is 4.79 Å². The molecule has 0 heterocycles. The second-order valence-corrected chi connectivity index (χ2v) is 6.17. The Morgan fingerprint density at radius 1 is 0.947 bits per heavy atom. The lowest BCUT2D eigenvalue weighted by Gasteiger charge is -2.08. The molecule has 0 saturated carbocycles. The maximum atomic E-state index is 12.1. The lowest BCUT2D eigenvalue weighted by molar-refractivity contribution is 0.102. The summed E-state index contributed by atoms with van der Waals surface area (Å²) in [5.74, 6) is -0.290. The predicted molar refractivity (Wildman–Crippen MR) is 88.6 cm³/mol. The monoisotopic (exact) mass is 425 g/mol. The van der Waals surface area contributed by atoms with Gasteiger partial charge < -0.3 is 5.32 Å². The van der Waals surface area contributed by atoms with Crippen molar-refractivity contribution in [3.8, 4) is 0 Å². The zero-order valence-corrected chi connectivity index (χ0v) is 13.8. The van der Waals surface area contributed by atoms with Gasteiger partial charge in [0.15, 0.2) is 0 Å². The van der Waals surface area contributed by atoms with Crippen LogP contribution in [-0.4, -0.2) is 5.91 Å². The van der Waals surface area contributed by atoms with Gasteiger partial charge in [-0.25, -0.2) is 0 Å². The van der Waals surface area contributed by atoms with Crippen LogP contribution in [0, 0.1) is 3.57 Å². The predicted octanol–water partition coefficient (Wildman–Crippen LogP) is 5.50. The zero-order valence-electron chi connectivity index (χ0n) is 9.38. The maximum Gasteiger partial charge on any atom is 0.257 e. The molecule has 0 atom stereocenters. The number of carbonyl (C=O) groups excluding carboxylic acids is 1. The molecule has 0 aromatic heterocycles. The molecule has 2 aromatic rings. The highest BCUT2D eigenvalue weighted by Gasteiger charge is 2.11. The van der Waals surface area contributed by atoms with E-state index in [9.17, 15) is 4.79 Å². The van der Waals surface area contributed by atoms with Crippen molar-refractivity contribution in [1.82, 2.24) is 0 Å². The largest absolute Gasteiger partial charge is 0.322 e. The van der Waals surface area contributed by atoms with Crippen LogP contribution in [0.4, 0.5) is 5.69 Å². The molecule has 0 saturated heterocycles. The molecule has 1 amide bonds. The van der Waals surface area contributed by atoms with Crippen molar-refractivity contribution in [2.24, 2.45) is 0 Å². The fourth-order valence-electron chi connectivity index (χ4n) is 1.44. The van der Waals surface area contributed by atoms with Crippen LogP contribution in [0.5, 0.6) is 0 Å². The molecule has 0 spiro atoms. The topological polar surface area (TPSA) is 29.1 Å². The van der Waals surface area contributed by atoms with Crippen molar-refractivity contribution in [2.45, 2.75) is 0 Å². The third-order valence-corrected chi connectivity index (χ3v) is 4.09. The zero-order chi connectivity index (χ0) is 14.0. The number of hydrogen-bond donors (Lipinski definition) is 1. The van der Waals surface area contributed by atoms with Gasteiger partial charge in [-0.05, 0) is 59.0 Å². The summed E-state index contributed by atoms with van der Waals surface area (Å²) >= 11 is 19.8. The molecule has 1 N–H and O–H groups in total. The van der Waals surface area contributed by atoms with Crippen LogP contribution in [0.15, 0.2) is 36.4 Å². The first kappa shape index (κ1) is 14.9. The van der Waals surface area contributed by atoms with Crippen LogP contribution in [-0.2, 0) is 0 Å². The minimum absolute atomic E-state index is 0.290. The SMILES string of the molecule is O=C(Nc1ccc(Cl)c(Cl)c1)c1cc(I)ccc1Cl. The van der Waals surface area contributed by atoms with Gasteiger partial charge in [-0.3, -0.25) is 4.79 Å². The first-order valence-corrected chi connectivity index (χ1v) is 7.40. The summed E-state index contributed by atoms with van der Waals surface area (Å²) in [5.41, 5.74) is 0.981. The van der Waals surface area contributed by atoms with Crippen LogP contribution in [0.3, 0.4) is 0 Å². The van der Waals surface area contributed by atoms with Gasteiger partial charge in [0.05, 0.1) is 20.6 Å². The first-order valence-electron chi connectivity index (χ1n) is 5.19. The number of nitrogens with one attached hydrogen (secondary N) is 1. The third-order valence-electron chi connectivity index (χ3n) is 2.35. The van der Waals surface area contributed by atoms with E-state index in [2.05, 4.69) is 27.9 Å². The maximum absolute atomic E-state index is 12.1. The van der Waals surface area contributed by atoms with Gasteiger partial charge in [0, 0.05) is 9.26 Å². The lowest BCUT2D eigenvalue weighted by Crippen LogP contribution is -2.12. The number of carbonyl (C=O) groups is 1. The molecule has 2 aromatic carbocycles. The Morgan fingerprint density at radius 3 is 2.32 bits per heavy atom. The van der Waals surface area contributed by atoms with Crippen molar-refractivity contribution in [1.29, 1.82) is 0 Å². The Balaban J connectivity index is 2.25. The normalized spacial score (nSPS) is 10.3. The van der Waals surface area contributed by atoms with Gasteiger partial charge in [-0.15, -0.1) is 0 Å². The smallest absolute Gasteiger partial charge is 0.257 e. The molecule has 19 heavy (non-hydrogen) atoms. The van der Waals surface area contributed by atoms with E-state index in [4.69, 9.17) is 34.8 Å². The fraction of sp³-hybridized carbons (Fsp3) is 0. The number of anilines is 1. The summed E-state index contributed by atoms with van der Waals surface area (Å²) in [7, 11) is 0. The molecule has 98 valence electrons. The highest BCUT2D eigenvalue weighted by molar-refractivity contribution is 14.1. The second kappa shape index (κ2) is 6.31. The van der Waals surface area contributed by atoms with Crippen LogP contribution < -0.4 is 5.32 Å². The van der Waals surface area contributed by atoms with E-state index in [-0.39, 0.29) is 5.91 Å². The minimum atomic E-state index is -0.290. The molecule has 0 aliphatic carbocycles. The average Bonchev–Trinajstić information content (AvgIpc) is 2.36. The van der Waals surface area contributed by atoms with E-state index in [0.29, 0.717) is 26.3 Å². The Morgan fingerprint density at radius 2 is 1.63 bits per heavy atom. The van der Waals surface area contributed by atoms with Crippen molar-refractivity contribution in [3.63, 3.8) is 0 Å². The summed E-state index contributed by atoms with van der Waals surface area (Å²) in [6, 6.07) is 10.1. The first-order chi connectivity index (χ1) is 8.97. The average molecular weight is 426 g/mol. The van der Waals surface area contributed by atoms with Gasteiger partial charge in [0.1, 0.15) is 0 Å². The summed E-state index contributed by atoms with van der Waals surface area (Å²) in [6.45, 7) is 0. The highest BCUT2D eigenvalue weighted by atomic mass is 127.